The van der Waals surface area contributed by atoms with Crippen molar-refractivity contribution in [2.45, 2.75) is 31.0 Å². The fourth-order valence-electron chi connectivity index (χ4n) is 6.53. The van der Waals surface area contributed by atoms with Gasteiger partial charge in [-0.15, -0.1) is 0 Å². The average Bonchev–Trinajstić information content (AvgIpc) is 3.32. The third-order valence-electron chi connectivity index (χ3n) is 8.75. The second kappa shape index (κ2) is 13.2. The van der Waals surface area contributed by atoms with Gasteiger partial charge in [-0.05, 0) is 72.3 Å². The molecule has 0 saturated carbocycles. The first kappa shape index (κ1) is 31.0. The number of alkyl halides is 3. The molecule has 0 aromatic heterocycles. The number of benzene rings is 4. The number of alkyl carbamates (subject to hydrolysis) is 1. The highest BCUT2D eigenvalue weighted by Crippen LogP contribution is 2.52. The maximum atomic E-state index is 12.9. The van der Waals surface area contributed by atoms with E-state index in [-0.39, 0.29) is 0 Å². The van der Waals surface area contributed by atoms with E-state index in [4.69, 9.17) is 16.3 Å². The number of carbonyl (C=O) groups is 1. The van der Waals surface area contributed by atoms with E-state index in [1.807, 2.05) is 78.1 Å². The average molecular weight is 634 g/mol. The van der Waals surface area contributed by atoms with Crippen molar-refractivity contribution < 1.29 is 22.7 Å². The lowest BCUT2D eigenvalue weighted by molar-refractivity contribution is -0.124. The molecule has 1 fully saturated rings. The van der Waals surface area contributed by atoms with E-state index in [0.29, 0.717) is 6.42 Å². The van der Waals surface area contributed by atoms with Crippen molar-refractivity contribution in [1.29, 1.82) is 0 Å². The highest BCUT2D eigenvalue weighted by molar-refractivity contribution is 6.30. The molecular weight excluding hydrogens is 599 g/mol. The monoisotopic (exact) mass is 633 g/mol. The molecular formula is C36H35ClF3N3O2. The molecule has 234 valence electrons. The number of nitrogens with zero attached hydrogens (tertiary/aromatic N) is 2. The number of anilines is 1. The second-order valence-corrected chi connectivity index (χ2v) is 12.1. The Labute approximate surface area is 266 Å². The number of hydrogen-bond donors (Lipinski definition) is 1. The number of nitrogens with one attached hydrogen (secondary N) is 1. The van der Waals surface area contributed by atoms with Gasteiger partial charge in [0.05, 0.1) is 0 Å². The predicted octanol–water partition coefficient (Wildman–Crippen LogP) is 8.51. The molecule has 0 atom stereocenters. The summed E-state index contributed by atoms with van der Waals surface area (Å²) >= 11 is 6.03. The minimum atomic E-state index is -4.53. The number of hydrogen-bond acceptors (Lipinski definition) is 4. The van der Waals surface area contributed by atoms with Gasteiger partial charge >= 0.3 is 12.3 Å². The Kier molecular flexibility index (Phi) is 9.06. The van der Waals surface area contributed by atoms with Gasteiger partial charge < -0.3 is 15.0 Å². The highest BCUT2D eigenvalue weighted by atomic mass is 35.5. The SMILES string of the molecule is O=C(NCC(F)(F)F)OC1(CCCCN2CCN(c3ccc(-c4ccc(Cl)cc4)cc3)CC2)c2ccccc2-c2ccccc21. The number of unbranched alkanes of at least 4 members (excludes halogenated alkanes) is 1. The van der Waals surface area contributed by atoms with Crippen LogP contribution in [0.4, 0.5) is 23.7 Å². The van der Waals surface area contributed by atoms with Crippen LogP contribution in [0, 0.1) is 0 Å². The number of ether oxygens (including phenoxy) is 1. The maximum Gasteiger partial charge on any atom is 0.408 e. The van der Waals surface area contributed by atoms with Gasteiger partial charge in [0.25, 0.3) is 0 Å². The Morgan fingerprint density at radius 1 is 0.778 bits per heavy atom. The van der Waals surface area contributed by atoms with Crippen LogP contribution in [0.5, 0.6) is 0 Å². The fraction of sp³-hybridized carbons (Fsp3) is 0.306. The van der Waals surface area contributed by atoms with Gasteiger partial charge in [-0.25, -0.2) is 4.79 Å². The molecule has 9 heteroatoms. The van der Waals surface area contributed by atoms with Crippen LogP contribution in [0.15, 0.2) is 97.1 Å². The van der Waals surface area contributed by atoms with Crippen LogP contribution < -0.4 is 10.2 Å². The minimum absolute atomic E-state index is 0.473. The molecule has 1 saturated heterocycles. The lowest BCUT2D eigenvalue weighted by Gasteiger charge is -2.36. The van der Waals surface area contributed by atoms with Crippen LogP contribution >= 0.6 is 11.6 Å². The third-order valence-corrected chi connectivity index (χ3v) is 9.00. The van der Waals surface area contributed by atoms with Gasteiger partial charge in [0, 0.05) is 48.0 Å². The number of rotatable bonds is 9. The molecule has 45 heavy (non-hydrogen) atoms. The molecule has 2 aliphatic rings. The lowest BCUT2D eigenvalue weighted by atomic mass is 9.86. The molecule has 0 unspecified atom stereocenters. The summed E-state index contributed by atoms with van der Waals surface area (Å²) in [4.78, 5) is 17.6. The number of carbonyl (C=O) groups excluding carboxylic acids is 1. The summed E-state index contributed by atoms with van der Waals surface area (Å²) in [6, 6.07) is 31.8. The van der Waals surface area contributed by atoms with E-state index >= 15 is 0 Å². The summed E-state index contributed by atoms with van der Waals surface area (Å²) in [6.45, 7) is 3.17. The zero-order valence-corrected chi connectivity index (χ0v) is 25.6. The van der Waals surface area contributed by atoms with Crippen LogP contribution in [-0.2, 0) is 10.3 Å². The van der Waals surface area contributed by atoms with Gasteiger partial charge in [-0.3, -0.25) is 4.90 Å². The van der Waals surface area contributed by atoms with Gasteiger partial charge in [-0.1, -0.05) is 84.4 Å². The summed E-state index contributed by atoms with van der Waals surface area (Å²) < 4.78 is 44.5. The van der Waals surface area contributed by atoms with Gasteiger partial charge in [0.1, 0.15) is 6.54 Å². The molecule has 1 aliphatic heterocycles. The predicted molar refractivity (Wildman–Crippen MR) is 173 cm³/mol. The van der Waals surface area contributed by atoms with Crippen LogP contribution in [0.3, 0.4) is 0 Å². The van der Waals surface area contributed by atoms with E-state index in [1.165, 1.54) is 5.69 Å². The standard InChI is InChI=1S/C36H35ClF3N3O2/c37-28-15-11-26(12-16-28)27-13-17-29(18-14-27)43-23-21-42(22-24-43)20-6-5-19-35(45-34(44)41-25-36(38,39)40)32-9-3-1-7-30(32)31-8-2-4-10-33(31)35/h1-4,7-18H,5-6,19-25H2,(H,41,44). The molecule has 1 N–H and O–H groups in total. The number of fused-ring (bicyclic) bond motifs is 3. The van der Waals surface area contributed by atoms with Crippen molar-refractivity contribution in [2.24, 2.45) is 0 Å². The molecule has 4 aromatic rings. The zero-order valence-electron chi connectivity index (χ0n) is 24.8. The Balaban J connectivity index is 1.06. The Morgan fingerprint density at radius 3 is 1.91 bits per heavy atom. The van der Waals surface area contributed by atoms with Crippen molar-refractivity contribution in [3.05, 3.63) is 113 Å². The van der Waals surface area contributed by atoms with Gasteiger partial charge in [0.15, 0.2) is 5.60 Å². The zero-order chi connectivity index (χ0) is 31.4. The van der Waals surface area contributed by atoms with Crippen molar-refractivity contribution in [2.75, 3.05) is 44.2 Å². The van der Waals surface area contributed by atoms with Gasteiger partial charge in [0.2, 0.25) is 0 Å². The third kappa shape index (κ3) is 6.97. The fourth-order valence-corrected chi connectivity index (χ4v) is 6.65. The molecule has 1 aliphatic carbocycles. The topological polar surface area (TPSA) is 44.8 Å². The maximum absolute atomic E-state index is 12.9. The van der Waals surface area contributed by atoms with E-state index in [9.17, 15) is 18.0 Å². The summed E-state index contributed by atoms with van der Waals surface area (Å²) in [6.07, 6.45) is -3.52. The summed E-state index contributed by atoms with van der Waals surface area (Å²) in [5, 5.41) is 2.63. The molecule has 6 rings (SSSR count). The first-order valence-electron chi connectivity index (χ1n) is 15.3. The quantitative estimate of drug-likeness (QED) is 0.188. The van der Waals surface area contributed by atoms with Crippen LogP contribution in [0.1, 0.15) is 30.4 Å². The molecule has 0 spiro atoms. The van der Waals surface area contributed by atoms with Crippen molar-refractivity contribution in [1.82, 2.24) is 10.2 Å². The minimum Gasteiger partial charge on any atom is -0.433 e. The Morgan fingerprint density at radius 2 is 1.33 bits per heavy atom. The Hall–Kier alpha value is -4.01. The number of piperazine rings is 1. The van der Waals surface area contributed by atoms with Crippen molar-refractivity contribution in [3.8, 4) is 22.3 Å². The van der Waals surface area contributed by atoms with E-state index in [1.54, 1.807) is 0 Å². The van der Waals surface area contributed by atoms with E-state index in [0.717, 1.165) is 84.0 Å². The lowest BCUT2D eigenvalue weighted by Crippen LogP contribution is -2.46. The summed E-state index contributed by atoms with van der Waals surface area (Å²) in [5.41, 5.74) is 5.83. The smallest absolute Gasteiger partial charge is 0.408 e. The molecule has 4 aromatic carbocycles. The van der Waals surface area contributed by atoms with E-state index in [2.05, 4.69) is 34.1 Å². The molecule has 0 radical (unpaired) electrons. The normalized spacial score (nSPS) is 15.8. The largest absolute Gasteiger partial charge is 0.433 e. The summed E-state index contributed by atoms with van der Waals surface area (Å²) in [5.74, 6) is 0. The Bertz CT molecular complexity index is 1570. The number of amides is 1. The highest BCUT2D eigenvalue weighted by Gasteiger charge is 2.46. The van der Waals surface area contributed by atoms with Gasteiger partial charge in [-0.2, -0.15) is 13.2 Å². The molecule has 1 heterocycles. The molecule has 1 amide bonds. The van der Waals surface area contributed by atoms with Crippen molar-refractivity contribution >= 4 is 23.4 Å². The van der Waals surface area contributed by atoms with E-state index < -0.39 is 24.4 Å². The van der Waals surface area contributed by atoms with Crippen LogP contribution in [0.25, 0.3) is 22.3 Å². The van der Waals surface area contributed by atoms with Crippen molar-refractivity contribution in [3.63, 3.8) is 0 Å². The van der Waals surface area contributed by atoms with Crippen LogP contribution in [-0.4, -0.2) is 56.4 Å². The van der Waals surface area contributed by atoms with Crippen LogP contribution in [0.2, 0.25) is 5.02 Å². The first-order valence-corrected chi connectivity index (χ1v) is 15.7. The second-order valence-electron chi connectivity index (χ2n) is 11.6. The first-order chi connectivity index (χ1) is 21.7. The number of halogens is 4. The molecule has 5 nitrogen and oxygen atoms in total. The summed E-state index contributed by atoms with van der Waals surface area (Å²) in [7, 11) is 0. The molecule has 0 bridgehead atoms.